The van der Waals surface area contributed by atoms with Crippen molar-refractivity contribution in [3.8, 4) is 0 Å². The lowest BCUT2D eigenvalue weighted by molar-refractivity contribution is -0.127. The van der Waals surface area contributed by atoms with Gasteiger partial charge in [0, 0.05) is 31.7 Å². The van der Waals surface area contributed by atoms with Gasteiger partial charge in [0.15, 0.2) is 6.17 Å². The molecule has 0 bridgehead atoms. The van der Waals surface area contributed by atoms with Crippen LogP contribution in [0.25, 0.3) is 0 Å². The molecule has 0 spiro atoms. The van der Waals surface area contributed by atoms with Gasteiger partial charge in [-0.2, -0.15) is 4.31 Å². The summed E-state index contributed by atoms with van der Waals surface area (Å²) in [7, 11) is -3.71. The first-order valence-corrected chi connectivity index (χ1v) is 9.96. The van der Waals surface area contributed by atoms with Crippen LogP contribution in [0.2, 0.25) is 0 Å². The van der Waals surface area contributed by atoms with E-state index in [1.807, 2.05) is 0 Å². The van der Waals surface area contributed by atoms with Crippen molar-refractivity contribution in [2.75, 3.05) is 31.9 Å². The second-order valence-corrected chi connectivity index (χ2v) is 7.93. The first kappa shape index (κ1) is 20.3. The van der Waals surface area contributed by atoms with Crippen LogP contribution < -0.4 is 11.1 Å². The van der Waals surface area contributed by atoms with Gasteiger partial charge in [-0.25, -0.2) is 12.8 Å². The Morgan fingerprint density at radius 1 is 1.35 bits per heavy atom. The van der Waals surface area contributed by atoms with Crippen molar-refractivity contribution in [1.82, 2.24) is 14.5 Å². The second kappa shape index (κ2) is 8.56. The molecule has 0 aromatic heterocycles. The number of benzene rings is 1. The summed E-state index contributed by atoms with van der Waals surface area (Å²) in [6.45, 7) is 2.09. The fourth-order valence-electron chi connectivity index (χ4n) is 2.83. The maximum Gasteiger partial charge on any atom is 0.259 e. The van der Waals surface area contributed by atoms with E-state index >= 15 is 0 Å². The largest absolute Gasteiger partial charge is 0.352 e. The molecule has 0 saturated carbocycles. The number of sulfonamides is 1. The fourth-order valence-corrected chi connectivity index (χ4v) is 4.46. The number of rotatable bonds is 7. The Morgan fingerprint density at radius 2 is 2.08 bits per heavy atom. The average Bonchev–Trinajstić information content (AvgIpc) is 3.05. The van der Waals surface area contributed by atoms with Crippen LogP contribution in [0.5, 0.6) is 0 Å². The van der Waals surface area contributed by atoms with Gasteiger partial charge in [0.1, 0.15) is 5.82 Å². The minimum atomic E-state index is -3.71. The summed E-state index contributed by atoms with van der Waals surface area (Å²) in [5.74, 6) is -1.95. The van der Waals surface area contributed by atoms with E-state index in [2.05, 4.69) is 5.32 Å². The smallest absolute Gasteiger partial charge is 0.259 e. The van der Waals surface area contributed by atoms with Crippen molar-refractivity contribution in [2.45, 2.75) is 19.5 Å². The summed E-state index contributed by atoms with van der Waals surface area (Å²) in [5.41, 5.74) is 5.43. The predicted molar refractivity (Wildman–Crippen MR) is 94.1 cm³/mol. The number of nitrogens with one attached hydrogen (secondary N) is 1. The molecule has 1 aliphatic heterocycles. The Morgan fingerprint density at radius 3 is 2.69 bits per heavy atom. The molecule has 2 amide bonds. The molecule has 1 saturated heterocycles. The third-order valence-corrected chi connectivity index (χ3v) is 5.98. The van der Waals surface area contributed by atoms with E-state index < -0.39 is 33.8 Å². The van der Waals surface area contributed by atoms with E-state index in [9.17, 15) is 22.4 Å². The number of amides is 2. The predicted octanol–water partition coefficient (Wildman–Crippen LogP) is -0.276. The molecule has 1 unspecified atom stereocenters. The van der Waals surface area contributed by atoms with Crippen molar-refractivity contribution < 1.29 is 22.4 Å². The molecule has 1 atom stereocenters. The van der Waals surface area contributed by atoms with Crippen molar-refractivity contribution in [2.24, 2.45) is 5.73 Å². The quantitative estimate of drug-likeness (QED) is 0.670. The molecule has 2 rings (SSSR count). The van der Waals surface area contributed by atoms with E-state index in [-0.39, 0.29) is 37.5 Å². The molecule has 26 heavy (non-hydrogen) atoms. The number of nitrogens with zero attached hydrogens (tertiary/aromatic N) is 2. The molecular weight excluding hydrogens is 363 g/mol. The molecule has 1 aliphatic rings. The zero-order chi connectivity index (χ0) is 19.3. The molecule has 0 radical (unpaired) electrons. The molecule has 10 heteroatoms. The standard InChI is InChI=1S/C16H23FN4O4S/c1-2-10-26(24,25)21-9-8-20(15(21)14(22)19-7-6-18)16(23)12-4-3-5-13(17)11-12/h3-5,11,15H,2,6-10,18H2,1H3,(H,19,22). The molecule has 8 nitrogen and oxygen atoms in total. The molecular formula is C16H23FN4O4S. The van der Waals surface area contributed by atoms with Crippen LogP contribution in [0.15, 0.2) is 24.3 Å². The van der Waals surface area contributed by atoms with E-state index in [0.717, 1.165) is 15.3 Å². The van der Waals surface area contributed by atoms with Gasteiger partial charge in [0.2, 0.25) is 10.0 Å². The Bertz CT molecular complexity index is 771. The number of hydrogen-bond acceptors (Lipinski definition) is 5. The Kier molecular flexibility index (Phi) is 6.68. The summed E-state index contributed by atoms with van der Waals surface area (Å²) >= 11 is 0. The maximum absolute atomic E-state index is 13.4. The van der Waals surface area contributed by atoms with Gasteiger partial charge in [-0.15, -0.1) is 0 Å². The molecule has 3 N–H and O–H groups in total. The highest BCUT2D eigenvalue weighted by Crippen LogP contribution is 2.22. The topological polar surface area (TPSA) is 113 Å². The van der Waals surface area contributed by atoms with Gasteiger partial charge in [-0.1, -0.05) is 13.0 Å². The Hall–Kier alpha value is -2.04. The van der Waals surface area contributed by atoms with Gasteiger partial charge in [0.25, 0.3) is 11.8 Å². The van der Waals surface area contributed by atoms with Crippen LogP contribution in [-0.2, 0) is 14.8 Å². The number of carbonyl (C=O) groups excluding carboxylic acids is 2. The van der Waals surface area contributed by atoms with Crippen molar-refractivity contribution in [1.29, 1.82) is 0 Å². The number of nitrogens with two attached hydrogens (primary N) is 1. The average molecular weight is 386 g/mol. The van der Waals surface area contributed by atoms with Crippen molar-refractivity contribution in [3.05, 3.63) is 35.6 Å². The van der Waals surface area contributed by atoms with Gasteiger partial charge >= 0.3 is 0 Å². The second-order valence-electron chi connectivity index (χ2n) is 5.89. The van der Waals surface area contributed by atoms with E-state index in [0.29, 0.717) is 6.42 Å². The van der Waals surface area contributed by atoms with Gasteiger partial charge in [-0.3, -0.25) is 9.59 Å². The lowest BCUT2D eigenvalue weighted by Crippen LogP contribution is -2.54. The molecule has 1 aromatic rings. The van der Waals surface area contributed by atoms with Crippen LogP contribution in [0.3, 0.4) is 0 Å². The van der Waals surface area contributed by atoms with Crippen molar-refractivity contribution in [3.63, 3.8) is 0 Å². The minimum Gasteiger partial charge on any atom is -0.352 e. The monoisotopic (exact) mass is 386 g/mol. The third kappa shape index (κ3) is 4.37. The molecule has 1 aromatic carbocycles. The molecule has 144 valence electrons. The lowest BCUT2D eigenvalue weighted by atomic mass is 10.2. The first-order chi connectivity index (χ1) is 12.3. The maximum atomic E-state index is 13.4. The summed E-state index contributed by atoms with van der Waals surface area (Å²) in [5, 5.41) is 2.53. The van der Waals surface area contributed by atoms with Crippen LogP contribution in [0, 0.1) is 5.82 Å². The van der Waals surface area contributed by atoms with E-state index in [4.69, 9.17) is 5.73 Å². The zero-order valence-corrected chi connectivity index (χ0v) is 15.3. The van der Waals surface area contributed by atoms with E-state index in [1.165, 1.54) is 18.2 Å². The molecule has 1 fully saturated rings. The summed E-state index contributed by atoms with van der Waals surface area (Å²) in [6, 6.07) is 5.06. The SMILES string of the molecule is CCCS(=O)(=O)N1CCN(C(=O)c2cccc(F)c2)C1C(=O)NCCN. The van der Waals surface area contributed by atoms with Crippen LogP contribution in [0.1, 0.15) is 23.7 Å². The summed E-state index contributed by atoms with van der Waals surface area (Å²) < 4.78 is 39.5. The summed E-state index contributed by atoms with van der Waals surface area (Å²) in [6.07, 6.45) is -0.928. The highest BCUT2D eigenvalue weighted by atomic mass is 32.2. The van der Waals surface area contributed by atoms with Gasteiger partial charge in [-0.05, 0) is 24.6 Å². The normalized spacial score (nSPS) is 18.1. The van der Waals surface area contributed by atoms with Gasteiger partial charge in [0.05, 0.1) is 5.75 Å². The molecule has 1 heterocycles. The first-order valence-electron chi connectivity index (χ1n) is 8.35. The highest BCUT2D eigenvalue weighted by Gasteiger charge is 2.45. The lowest BCUT2D eigenvalue weighted by Gasteiger charge is -2.28. The fraction of sp³-hybridized carbons (Fsp3) is 0.500. The summed E-state index contributed by atoms with van der Waals surface area (Å²) in [4.78, 5) is 26.4. The van der Waals surface area contributed by atoms with Crippen molar-refractivity contribution >= 4 is 21.8 Å². The number of halogens is 1. The Labute approximate surface area is 152 Å². The number of carbonyl (C=O) groups is 2. The third-order valence-electron chi connectivity index (χ3n) is 3.96. The van der Waals surface area contributed by atoms with Crippen LogP contribution in [0.4, 0.5) is 4.39 Å². The molecule has 0 aliphatic carbocycles. The zero-order valence-electron chi connectivity index (χ0n) is 14.5. The number of hydrogen-bond donors (Lipinski definition) is 2. The van der Waals surface area contributed by atoms with Gasteiger partial charge < -0.3 is 16.0 Å². The van der Waals surface area contributed by atoms with Crippen LogP contribution >= 0.6 is 0 Å². The highest BCUT2D eigenvalue weighted by molar-refractivity contribution is 7.89. The van der Waals surface area contributed by atoms with E-state index in [1.54, 1.807) is 6.92 Å². The van der Waals surface area contributed by atoms with Crippen LogP contribution in [-0.4, -0.2) is 67.5 Å². The Balaban J connectivity index is 2.35. The minimum absolute atomic E-state index is 0.00407.